The van der Waals surface area contributed by atoms with Crippen LogP contribution in [0.2, 0.25) is 0 Å². The van der Waals surface area contributed by atoms with Crippen molar-refractivity contribution in [3.05, 3.63) is 29.6 Å². The minimum absolute atomic E-state index is 0.271. The second-order valence-corrected chi connectivity index (χ2v) is 4.70. The second-order valence-electron chi connectivity index (χ2n) is 3.12. The largest absolute Gasteiger partial charge is 0.398 e. The molecule has 0 amide bonds. The predicted octanol–water partition coefficient (Wildman–Crippen LogP) is 1.30. The fraction of sp³-hybridized carbons (Fsp3) is 0.400. The van der Waals surface area contributed by atoms with Crippen LogP contribution in [0.25, 0.3) is 0 Å². The quantitative estimate of drug-likeness (QED) is 0.777. The summed E-state index contributed by atoms with van der Waals surface area (Å²) >= 11 is 0. The van der Waals surface area contributed by atoms with Crippen molar-refractivity contribution in [3.63, 3.8) is 0 Å². The number of methoxy groups -OCH3 is 1. The first kappa shape index (κ1) is 12.1. The van der Waals surface area contributed by atoms with Crippen LogP contribution in [0.3, 0.4) is 0 Å². The standard InChI is InChI=1S/C10H14FNO2S/c1-14-4-5-15(13)7-8-6-9(11)2-3-10(8)12/h2-3,6H,4-5,7,12H2,1H3. The zero-order valence-electron chi connectivity index (χ0n) is 8.53. The molecule has 0 bridgehead atoms. The Morgan fingerprint density at radius 2 is 2.27 bits per heavy atom. The van der Waals surface area contributed by atoms with Gasteiger partial charge in [0.2, 0.25) is 0 Å². The van der Waals surface area contributed by atoms with Gasteiger partial charge in [0.25, 0.3) is 0 Å². The maximum atomic E-state index is 12.9. The Kier molecular flexibility index (Phi) is 4.71. The summed E-state index contributed by atoms with van der Waals surface area (Å²) in [6.07, 6.45) is 0. The lowest BCUT2D eigenvalue weighted by molar-refractivity contribution is 0.218. The molecule has 5 heteroatoms. The van der Waals surface area contributed by atoms with Gasteiger partial charge in [0.15, 0.2) is 0 Å². The molecule has 15 heavy (non-hydrogen) atoms. The molecule has 0 saturated heterocycles. The molecule has 0 aliphatic carbocycles. The molecule has 1 aromatic rings. The van der Waals surface area contributed by atoms with Crippen molar-refractivity contribution < 1.29 is 13.3 Å². The van der Waals surface area contributed by atoms with Gasteiger partial charge in [0.05, 0.1) is 12.4 Å². The van der Waals surface area contributed by atoms with E-state index in [1.54, 1.807) is 7.11 Å². The Labute approximate surface area is 90.9 Å². The molecule has 3 nitrogen and oxygen atoms in total. The first-order valence-corrected chi connectivity index (χ1v) is 6.00. The maximum Gasteiger partial charge on any atom is 0.123 e. The van der Waals surface area contributed by atoms with Gasteiger partial charge < -0.3 is 10.5 Å². The molecule has 2 N–H and O–H groups in total. The number of halogens is 1. The highest BCUT2D eigenvalue weighted by atomic mass is 32.2. The van der Waals surface area contributed by atoms with E-state index in [0.717, 1.165) is 0 Å². The summed E-state index contributed by atoms with van der Waals surface area (Å²) in [5, 5.41) is 0. The SMILES string of the molecule is COCCS(=O)Cc1cc(F)ccc1N. The van der Waals surface area contributed by atoms with E-state index in [2.05, 4.69) is 0 Å². The van der Waals surface area contributed by atoms with Crippen LogP contribution in [-0.4, -0.2) is 23.7 Å². The Morgan fingerprint density at radius 3 is 2.93 bits per heavy atom. The van der Waals surface area contributed by atoms with Crippen molar-refractivity contribution in [2.75, 3.05) is 25.2 Å². The van der Waals surface area contributed by atoms with E-state index in [9.17, 15) is 8.60 Å². The van der Waals surface area contributed by atoms with Crippen LogP contribution in [0.4, 0.5) is 10.1 Å². The normalized spacial score (nSPS) is 12.7. The maximum absolute atomic E-state index is 12.9. The van der Waals surface area contributed by atoms with Gasteiger partial charge >= 0.3 is 0 Å². The van der Waals surface area contributed by atoms with Crippen LogP contribution < -0.4 is 5.73 Å². The van der Waals surface area contributed by atoms with Crippen molar-refractivity contribution >= 4 is 16.5 Å². The second kappa shape index (κ2) is 5.82. The molecule has 1 rings (SSSR count). The highest BCUT2D eigenvalue weighted by Crippen LogP contribution is 2.15. The molecule has 0 fully saturated rings. The number of nitrogen functional groups attached to an aromatic ring is 1. The molecular formula is C10H14FNO2S. The summed E-state index contributed by atoms with van der Waals surface area (Å²) in [5.41, 5.74) is 6.70. The van der Waals surface area contributed by atoms with Crippen LogP contribution in [0, 0.1) is 5.82 Å². The van der Waals surface area contributed by atoms with Gasteiger partial charge in [-0.1, -0.05) is 0 Å². The number of ether oxygens (including phenoxy) is 1. The number of benzene rings is 1. The molecule has 1 unspecified atom stereocenters. The Morgan fingerprint density at radius 1 is 1.53 bits per heavy atom. The molecule has 0 saturated carbocycles. The minimum atomic E-state index is -1.06. The van der Waals surface area contributed by atoms with Crippen LogP contribution in [0.5, 0.6) is 0 Å². The van der Waals surface area contributed by atoms with E-state index in [4.69, 9.17) is 10.5 Å². The van der Waals surface area contributed by atoms with Crippen LogP contribution >= 0.6 is 0 Å². The number of rotatable bonds is 5. The van der Waals surface area contributed by atoms with Crippen molar-refractivity contribution in [3.8, 4) is 0 Å². The molecule has 1 aromatic carbocycles. The van der Waals surface area contributed by atoms with E-state index >= 15 is 0 Å². The monoisotopic (exact) mass is 231 g/mol. The zero-order valence-corrected chi connectivity index (χ0v) is 9.35. The average Bonchev–Trinajstić information content (AvgIpc) is 2.20. The average molecular weight is 231 g/mol. The zero-order chi connectivity index (χ0) is 11.3. The predicted molar refractivity (Wildman–Crippen MR) is 59.4 cm³/mol. The van der Waals surface area contributed by atoms with Gasteiger partial charge in [-0.25, -0.2) is 4.39 Å². The molecular weight excluding hydrogens is 217 g/mol. The highest BCUT2D eigenvalue weighted by Gasteiger charge is 2.06. The summed E-state index contributed by atoms with van der Waals surface area (Å²) < 4.78 is 29.2. The van der Waals surface area contributed by atoms with Crippen molar-refractivity contribution in [1.29, 1.82) is 0 Å². The van der Waals surface area contributed by atoms with E-state index < -0.39 is 10.8 Å². The van der Waals surface area contributed by atoms with Gasteiger partial charge in [-0.05, 0) is 23.8 Å². The first-order chi connectivity index (χ1) is 7.13. The smallest absolute Gasteiger partial charge is 0.123 e. The molecule has 0 aliphatic heterocycles. The van der Waals surface area contributed by atoms with Crippen molar-refractivity contribution in [2.24, 2.45) is 0 Å². The summed E-state index contributed by atoms with van der Waals surface area (Å²) in [6, 6.07) is 4.09. The highest BCUT2D eigenvalue weighted by molar-refractivity contribution is 7.84. The van der Waals surface area contributed by atoms with Gasteiger partial charge in [-0.2, -0.15) is 0 Å². The third-order valence-electron chi connectivity index (χ3n) is 1.94. The molecule has 0 aliphatic rings. The summed E-state index contributed by atoms with van der Waals surface area (Å²) in [5.74, 6) is 0.349. The lowest BCUT2D eigenvalue weighted by atomic mass is 10.2. The molecule has 0 spiro atoms. The molecule has 0 radical (unpaired) electrons. The van der Waals surface area contributed by atoms with E-state index in [1.165, 1.54) is 18.2 Å². The number of nitrogens with two attached hydrogens (primary N) is 1. The molecule has 0 heterocycles. The van der Waals surface area contributed by atoms with Crippen molar-refractivity contribution in [1.82, 2.24) is 0 Å². The Bertz CT molecular complexity index is 357. The summed E-state index contributed by atoms with van der Waals surface area (Å²) in [4.78, 5) is 0. The minimum Gasteiger partial charge on any atom is -0.398 e. The first-order valence-electron chi connectivity index (χ1n) is 4.51. The van der Waals surface area contributed by atoms with E-state index in [-0.39, 0.29) is 11.6 Å². The van der Waals surface area contributed by atoms with Crippen molar-refractivity contribution in [2.45, 2.75) is 5.75 Å². The number of anilines is 1. The lowest BCUT2D eigenvalue weighted by Gasteiger charge is -2.05. The fourth-order valence-electron chi connectivity index (χ4n) is 1.12. The number of hydrogen-bond donors (Lipinski definition) is 1. The van der Waals surface area contributed by atoms with Crippen LogP contribution in [0.1, 0.15) is 5.56 Å². The van der Waals surface area contributed by atoms with E-state index in [0.29, 0.717) is 23.6 Å². The van der Waals surface area contributed by atoms with Crippen LogP contribution in [-0.2, 0) is 21.3 Å². The molecule has 0 aromatic heterocycles. The third-order valence-corrected chi connectivity index (χ3v) is 3.19. The number of hydrogen-bond acceptors (Lipinski definition) is 3. The fourth-order valence-corrected chi connectivity index (χ4v) is 2.21. The summed E-state index contributed by atoms with van der Waals surface area (Å²) in [6.45, 7) is 0.432. The molecule has 1 atom stereocenters. The van der Waals surface area contributed by atoms with E-state index in [1.807, 2.05) is 0 Å². The van der Waals surface area contributed by atoms with Gasteiger partial charge in [0.1, 0.15) is 5.82 Å². The topological polar surface area (TPSA) is 52.3 Å². The van der Waals surface area contributed by atoms with Gasteiger partial charge in [-0.15, -0.1) is 0 Å². The lowest BCUT2D eigenvalue weighted by Crippen LogP contribution is -2.08. The third kappa shape index (κ3) is 3.97. The Balaban J connectivity index is 2.63. The molecule has 84 valence electrons. The van der Waals surface area contributed by atoms with Gasteiger partial charge in [-0.3, -0.25) is 4.21 Å². The summed E-state index contributed by atoms with van der Waals surface area (Å²) in [7, 11) is 0.488. The van der Waals surface area contributed by atoms with Crippen LogP contribution in [0.15, 0.2) is 18.2 Å². The van der Waals surface area contributed by atoms with Gasteiger partial charge in [0, 0.05) is 29.3 Å². The Hall–Kier alpha value is -0.940.